The van der Waals surface area contributed by atoms with Crippen LogP contribution in [0, 0.1) is 17.8 Å². The molecule has 0 aromatic heterocycles. The summed E-state index contributed by atoms with van der Waals surface area (Å²) in [4.78, 5) is 11.0. The summed E-state index contributed by atoms with van der Waals surface area (Å²) >= 11 is 0. The number of carbonyl (C=O) groups excluding carboxylic acids is 1. The maximum atomic E-state index is 11.0. The Bertz CT molecular complexity index is 411. The van der Waals surface area contributed by atoms with E-state index in [9.17, 15) is 4.79 Å². The number of carbonyl (C=O) groups is 1. The number of rotatable bonds is 11. The maximum absolute atomic E-state index is 11.0. The zero-order valence-electron chi connectivity index (χ0n) is 15.2. The van der Waals surface area contributed by atoms with Crippen molar-refractivity contribution in [2.45, 2.75) is 90.4 Å². The lowest BCUT2D eigenvalue weighted by molar-refractivity contribution is -0.140. The monoisotopic (exact) mass is 318 g/mol. The number of esters is 1. The number of allylic oxidation sites excluding steroid dienone is 2. The fourth-order valence-electron chi connectivity index (χ4n) is 3.09. The van der Waals surface area contributed by atoms with Crippen LogP contribution in [0.5, 0.6) is 0 Å². The molecule has 0 heterocycles. The van der Waals surface area contributed by atoms with Crippen LogP contribution >= 0.6 is 0 Å². The van der Waals surface area contributed by atoms with Gasteiger partial charge in [0.15, 0.2) is 0 Å². The molecule has 0 amide bonds. The Kier molecular flexibility index (Phi) is 11.4. The average Bonchev–Trinajstić information content (AvgIpc) is 3.01. The van der Waals surface area contributed by atoms with E-state index >= 15 is 0 Å². The lowest BCUT2D eigenvalue weighted by atomic mass is 9.96. The molecule has 0 bridgehead atoms. The molecule has 1 aliphatic carbocycles. The molecule has 0 spiro atoms. The number of hydrogen-bond donors (Lipinski definition) is 0. The molecule has 1 aliphatic rings. The van der Waals surface area contributed by atoms with Crippen molar-refractivity contribution in [3.8, 4) is 11.8 Å². The first-order valence-electron chi connectivity index (χ1n) is 9.52. The second kappa shape index (κ2) is 13.2. The van der Waals surface area contributed by atoms with Crippen molar-refractivity contribution in [2.24, 2.45) is 5.92 Å². The van der Waals surface area contributed by atoms with Gasteiger partial charge in [-0.25, -0.2) is 0 Å². The summed E-state index contributed by atoms with van der Waals surface area (Å²) in [5.41, 5.74) is 1.57. The molecule has 0 fully saturated rings. The molecular formula is C21H34O2. The van der Waals surface area contributed by atoms with Crippen molar-refractivity contribution in [2.75, 3.05) is 7.11 Å². The summed E-state index contributed by atoms with van der Waals surface area (Å²) in [5, 5.41) is 0. The van der Waals surface area contributed by atoms with E-state index in [1.165, 1.54) is 64.9 Å². The molecule has 0 aliphatic heterocycles. The summed E-state index contributed by atoms with van der Waals surface area (Å²) < 4.78 is 4.66. The first kappa shape index (κ1) is 19.8. The third kappa shape index (κ3) is 9.49. The van der Waals surface area contributed by atoms with Gasteiger partial charge in [-0.3, -0.25) is 4.79 Å². The van der Waals surface area contributed by atoms with Gasteiger partial charge in [-0.05, 0) is 38.5 Å². The topological polar surface area (TPSA) is 26.3 Å². The molecule has 130 valence electrons. The number of unbranched alkanes of at least 4 members (excludes halogenated alkanes) is 7. The van der Waals surface area contributed by atoms with Gasteiger partial charge < -0.3 is 4.74 Å². The van der Waals surface area contributed by atoms with E-state index in [2.05, 4.69) is 29.6 Å². The van der Waals surface area contributed by atoms with Gasteiger partial charge in [0.25, 0.3) is 0 Å². The van der Waals surface area contributed by atoms with Crippen molar-refractivity contribution < 1.29 is 9.53 Å². The third-order valence-corrected chi connectivity index (χ3v) is 4.57. The van der Waals surface area contributed by atoms with Crippen LogP contribution in [0.4, 0.5) is 0 Å². The maximum Gasteiger partial charge on any atom is 0.305 e. The minimum absolute atomic E-state index is 0.0854. The molecule has 0 saturated heterocycles. The SMILES string of the molecule is CCCCCCC#C[C@H]1CCC=C1CCCCCCC(=O)OC. The predicted molar refractivity (Wildman–Crippen MR) is 97.1 cm³/mol. The van der Waals surface area contributed by atoms with Crippen molar-refractivity contribution in [3.63, 3.8) is 0 Å². The van der Waals surface area contributed by atoms with Crippen molar-refractivity contribution in [1.29, 1.82) is 0 Å². The number of ether oxygens (including phenoxy) is 1. The largest absolute Gasteiger partial charge is 0.469 e. The van der Waals surface area contributed by atoms with E-state index in [0.29, 0.717) is 12.3 Å². The van der Waals surface area contributed by atoms with Crippen molar-refractivity contribution in [3.05, 3.63) is 11.6 Å². The lowest BCUT2D eigenvalue weighted by Crippen LogP contribution is -1.99. The van der Waals surface area contributed by atoms with Gasteiger partial charge in [0.2, 0.25) is 0 Å². The predicted octanol–water partition coefficient (Wildman–Crippen LogP) is 5.81. The van der Waals surface area contributed by atoms with Crippen LogP contribution < -0.4 is 0 Å². The highest BCUT2D eigenvalue weighted by atomic mass is 16.5. The highest BCUT2D eigenvalue weighted by Crippen LogP contribution is 2.29. The summed E-state index contributed by atoms with van der Waals surface area (Å²) in [7, 11) is 1.46. The van der Waals surface area contributed by atoms with E-state index < -0.39 is 0 Å². The van der Waals surface area contributed by atoms with Crippen LogP contribution in [0.25, 0.3) is 0 Å². The van der Waals surface area contributed by atoms with Crippen molar-refractivity contribution in [1.82, 2.24) is 0 Å². The molecule has 23 heavy (non-hydrogen) atoms. The fraction of sp³-hybridized carbons (Fsp3) is 0.762. The Morgan fingerprint density at radius 1 is 1.17 bits per heavy atom. The fourth-order valence-corrected chi connectivity index (χ4v) is 3.09. The summed E-state index contributed by atoms with van der Waals surface area (Å²) in [6, 6.07) is 0. The van der Waals surface area contributed by atoms with E-state index in [1.54, 1.807) is 5.57 Å². The molecule has 0 N–H and O–H groups in total. The number of hydrogen-bond acceptors (Lipinski definition) is 2. The quantitative estimate of drug-likeness (QED) is 0.208. The molecule has 1 atom stereocenters. The summed E-state index contributed by atoms with van der Waals surface area (Å²) in [6.45, 7) is 2.25. The van der Waals surface area contributed by atoms with Crippen molar-refractivity contribution >= 4 is 5.97 Å². The second-order valence-corrected chi connectivity index (χ2v) is 6.53. The third-order valence-electron chi connectivity index (χ3n) is 4.57. The second-order valence-electron chi connectivity index (χ2n) is 6.53. The van der Waals surface area contributed by atoms with Gasteiger partial charge in [-0.1, -0.05) is 56.6 Å². The van der Waals surface area contributed by atoms with Gasteiger partial charge in [-0.2, -0.15) is 0 Å². The van der Waals surface area contributed by atoms with Gasteiger partial charge in [0.1, 0.15) is 0 Å². The Labute approximate surface area is 143 Å². The van der Waals surface area contributed by atoms with Crippen LogP contribution in [0.1, 0.15) is 90.4 Å². The van der Waals surface area contributed by atoms with E-state index in [0.717, 1.165) is 19.3 Å². The molecule has 0 saturated carbocycles. The Balaban J connectivity index is 2.11. The minimum Gasteiger partial charge on any atom is -0.469 e. The normalized spacial score (nSPS) is 16.6. The number of methoxy groups -OCH3 is 1. The van der Waals surface area contributed by atoms with Gasteiger partial charge in [0, 0.05) is 18.8 Å². The van der Waals surface area contributed by atoms with Crippen LogP contribution in [0.15, 0.2) is 11.6 Å². The molecule has 0 unspecified atom stereocenters. The van der Waals surface area contributed by atoms with E-state index in [1.807, 2.05) is 0 Å². The highest BCUT2D eigenvalue weighted by Gasteiger charge is 2.16. The smallest absolute Gasteiger partial charge is 0.305 e. The summed E-state index contributed by atoms with van der Waals surface area (Å²) in [5.74, 6) is 7.35. The standard InChI is InChI=1S/C21H34O2/c1-3-4-5-6-7-10-14-19-16-13-17-20(19)15-11-8-9-12-18-21(22)23-2/h17,19H,3-9,11-13,15-16,18H2,1-2H3/t19-/m0/s1. The zero-order chi connectivity index (χ0) is 16.8. The first-order valence-corrected chi connectivity index (χ1v) is 9.52. The first-order chi connectivity index (χ1) is 11.3. The van der Waals surface area contributed by atoms with Gasteiger partial charge >= 0.3 is 5.97 Å². The average molecular weight is 319 g/mol. The van der Waals surface area contributed by atoms with Gasteiger partial charge in [0.05, 0.1) is 7.11 Å². The Morgan fingerprint density at radius 2 is 1.96 bits per heavy atom. The molecule has 0 aromatic carbocycles. The molecule has 1 rings (SSSR count). The van der Waals surface area contributed by atoms with E-state index in [-0.39, 0.29) is 5.97 Å². The highest BCUT2D eigenvalue weighted by molar-refractivity contribution is 5.68. The molecular weight excluding hydrogens is 284 g/mol. The molecule has 0 radical (unpaired) electrons. The molecule has 0 aromatic rings. The van der Waals surface area contributed by atoms with Crippen LogP contribution in [0.2, 0.25) is 0 Å². The zero-order valence-corrected chi connectivity index (χ0v) is 15.2. The minimum atomic E-state index is -0.0854. The van der Waals surface area contributed by atoms with Crippen LogP contribution in [-0.2, 0) is 9.53 Å². The van der Waals surface area contributed by atoms with Gasteiger partial charge in [-0.15, -0.1) is 5.92 Å². The van der Waals surface area contributed by atoms with E-state index in [4.69, 9.17) is 0 Å². The molecule has 2 heteroatoms. The summed E-state index contributed by atoms with van der Waals surface area (Å²) in [6.07, 6.45) is 17.4. The Morgan fingerprint density at radius 3 is 2.74 bits per heavy atom. The Hall–Kier alpha value is -1.23. The lowest BCUT2D eigenvalue weighted by Gasteiger charge is -2.08. The molecule has 2 nitrogen and oxygen atoms in total. The van der Waals surface area contributed by atoms with Crippen LogP contribution in [0.3, 0.4) is 0 Å². The van der Waals surface area contributed by atoms with Crippen LogP contribution in [-0.4, -0.2) is 13.1 Å².